The number of nitrogens with zero attached hydrogens (tertiary/aromatic N) is 4. The molecule has 0 saturated heterocycles. The lowest BCUT2D eigenvalue weighted by molar-refractivity contribution is 0.708. The van der Waals surface area contributed by atoms with Crippen LogP contribution < -0.4 is 21.9 Å². The van der Waals surface area contributed by atoms with Gasteiger partial charge >= 0.3 is 5.69 Å². The third kappa shape index (κ3) is 2.31. The monoisotopic (exact) mass is 296 g/mol. The number of rotatable bonds is 4. The minimum Gasteiger partial charge on any atom is -0.393 e. The van der Waals surface area contributed by atoms with E-state index in [9.17, 15) is 9.59 Å². The molecule has 0 bridgehead atoms. The zero-order valence-corrected chi connectivity index (χ0v) is 12.3. The van der Waals surface area contributed by atoms with Gasteiger partial charge in [-0.2, -0.15) is 4.98 Å². The number of imidazole rings is 1. The summed E-state index contributed by atoms with van der Waals surface area (Å²) in [6.07, 6.45) is 0.541. The second-order valence-electron chi connectivity index (χ2n) is 4.60. The van der Waals surface area contributed by atoms with E-state index >= 15 is 0 Å². The van der Waals surface area contributed by atoms with Crippen LogP contribution in [0, 0.1) is 0 Å². The van der Waals surface area contributed by atoms with Crippen molar-refractivity contribution in [2.45, 2.75) is 6.42 Å². The van der Waals surface area contributed by atoms with Gasteiger partial charge in [0.2, 0.25) is 5.95 Å². The first-order valence-electron chi connectivity index (χ1n) is 5.98. The molecule has 0 atom stereocenters. The average molecular weight is 296 g/mol. The van der Waals surface area contributed by atoms with Crippen molar-refractivity contribution >= 4 is 34.3 Å². The summed E-state index contributed by atoms with van der Waals surface area (Å²) in [4.78, 5) is 33.3. The van der Waals surface area contributed by atoms with E-state index in [-0.39, 0.29) is 0 Å². The standard InChI is InChI=1S/C11H16N6O2S/c1-15(5-4-6(12)20)10-13-7-8(14-10)16(2)11(19)17(3)9(7)18/h4-5H2,1-3H3,(H2,12,20)(H,13,14). The number of thiocarbonyl (C=S) groups is 1. The first-order valence-corrected chi connectivity index (χ1v) is 6.39. The third-order valence-electron chi connectivity index (χ3n) is 3.14. The number of hydrogen-bond donors (Lipinski definition) is 2. The maximum atomic E-state index is 12.0. The molecule has 0 aromatic carbocycles. The molecule has 0 amide bonds. The van der Waals surface area contributed by atoms with Crippen LogP contribution in [0.1, 0.15) is 6.42 Å². The van der Waals surface area contributed by atoms with E-state index in [0.717, 1.165) is 4.57 Å². The molecule has 2 aromatic heterocycles. The van der Waals surface area contributed by atoms with E-state index < -0.39 is 11.2 Å². The highest BCUT2D eigenvalue weighted by Crippen LogP contribution is 2.12. The number of aromatic nitrogens is 4. The first-order chi connectivity index (χ1) is 9.32. The zero-order valence-electron chi connectivity index (χ0n) is 11.5. The lowest BCUT2D eigenvalue weighted by Crippen LogP contribution is -2.36. The Morgan fingerprint density at radius 2 is 2.05 bits per heavy atom. The molecule has 0 radical (unpaired) electrons. The number of nitrogens with one attached hydrogen (secondary N) is 1. The molecule has 0 aliphatic rings. The zero-order chi connectivity index (χ0) is 15.0. The lowest BCUT2D eigenvalue weighted by Gasteiger charge is -2.14. The van der Waals surface area contributed by atoms with Crippen molar-refractivity contribution in [1.82, 2.24) is 19.1 Å². The van der Waals surface area contributed by atoms with Crippen LogP contribution in [-0.4, -0.2) is 37.7 Å². The van der Waals surface area contributed by atoms with Crippen molar-refractivity contribution in [2.24, 2.45) is 19.8 Å². The van der Waals surface area contributed by atoms with E-state index in [1.165, 1.54) is 11.6 Å². The van der Waals surface area contributed by atoms with Gasteiger partial charge in [-0.25, -0.2) is 4.79 Å². The van der Waals surface area contributed by atoms with Gasteiger partial charge in [0.05, 0.1) is 4.99 Å². The van der Waals surface area contributed by atoms with Gasteiger partial charge in [0.25, 0.3) is 5.56 Å². The second-order valence-corrected chi connectivity index (χ2v) is 5.13. The Labute approximate surface area is 119 Å². The van der Waals surface area contributed by atoms with E-state index in [1.807, 2.05) is 0 Å². The van der Waals surface area contributed by atoms with Crippen molar-refractivity contribution in [3.8, 4) is 0 Å². The maximum Gasteiger partial charge on any atom is 0.332 e. The number of aromatic amines is 1. The second kappa shape index (κ2) is 5.08. The first kappa shape index (κ1) is 14.3. The number of aryl methyl sites for hydroxylation is 1. The van der Waals surface area contributed by atoms with Crippen LogP contribution in [0.15, 0.2) is 9.59 Å². The Morgan fingerprint density at radius 1 is 1.40 bits per heavy atom. The summed E-state index contributed by atoms with van der Waals surface area (Å²) >= 11 is 4.83. The SMILES string of the molecule is CN(CCC(N)=S)c1nc2c([nH]1)c(=O)n(C)c(=O)n2C. The fourth-order valence-electron chi connectivity index (χ4n) is 1.88. The molecule has 3 N–H and O–H groups in total. The topological polar surface area (TPSA) is 102 Å². The molecule has 2 aromatic rings. The van der Waals surface area contributed by atoms with Crippen molar-refractivity contribution < 1.29 is 0 Å². The van der Waals surface area contributed by atoms with Gasteiger partial charge in [0, 0.05) is 34.1 Å². The molecule has 108 valence electrons. The number of fused-ring (bicyclic) bond motifs is 1. The molecule has 20 heavy (non-hydrogen) atoms. The lowest BCUT2D eigenvalue weighted by atomic mass is 10.4. The highest BCUT2D eigenvalue weighted by Gasteiger charge is 2.15. The molecule has 0 spiro atoms. The van der Waals surface area contributed by atoms with Gasteiger partial charge in [-0.3, -0.25) is 13.9 Å². The normalized spacial score (nSPS) is 10.9. The number of H-pyrrole nitrogens is 1. The Kier molecular flexibility index (Phi) is 3.62. The average Bonchev–Trinajstić information content (AvgIpc) is 2.85. The minimum atomic E-state index is -0.411. The number of anilines is 1. The van der Waals surface area contributed by atoms with Gasteiger partial charge in [-0.05, 0) is 0 Å². The van der Waals surface area contributed by atoms with Crippen LogP contribution in [-0.2, 0) is 14.1 Å². The van der Waals surface area contributed by atoms with E-state index in [0.29, 0.717) is 35.1 Å². The largest absolute Gasteiger partial charge is 0.393 e. The summed E-state index contributed by atoms with van der Waals surface area (Å²) in [5.41, 5.74) is 5.27. The summed E-state index contributed by atoms with van der Waals surface area (Å²) in [5.74, 6) is 0.495. The molecule has 9 heteroatoms. The van der Waals surface area contributed by atoms with E-state index in [2.05, 4.69) is 9.97 Å². The molecule has 0 saturated carbocycles. The van der Waals surface area contributed by atoms with Gasteiger partial charge in [-0.15, -0.1) is 0 Å². The number of hydrogen-bond acceptors (Lipinski definition) is 5. The van der Waals surface area contributed by atoms with Crippen LogP contribution in [0.5, 0.6) is 0 Å². The van der Waals surface area contributed by atoms with Crippen molar-refractivity contribution in [3.63, 3.8) is 0 Å². The third-order valence-corrected chi connectivity index (χ3v) is 3.34. The van der Waals surface area contributed by atoms with Crippen LogP contribution in [0.3, 0.4) is 0 Å². The molecule has 2 heterocycles. The fourth-order valence-corrected chi connectivity index (χ4v) is 1.97. The van der Waals surface area contributed by atoms with Crippen LogP contribution in [0.25, 0.3) is 11.2 Å². The van der Waals surface area contributed by atoms with Gasteiger partial charge in [0.15, 0.2) is 11.2 Å². The molecule has 0 aliphatic heterocycles. The smallest absolute Gasteiger partial charge is 0.332 e. The summed E-state index contributed by atoms with van der Waals surface area (Å²) in [7, 11) is 4.81. The highest BCUT2D eigenvalue weighted by molar-refractivity contribution is 7.80. The predicted molar refractivity (Wildman–Crippen MR) is 81.2 cm³/mol. The molecule has 2 rings (SSSR count). The van der Waals surface area contributed by atoms with E-state index in [1.54, 1.807) is 19.0 Å². The van der Waals surface area contributed by atoms with Crippen LogP contribution in [0.4, 0.5) is 5.95 Å². The van der Waals surface area contributed by atoms with Gasteiger partial charge in [-0.1, -0.05) is 12.2 Å². The Morgan fingerprint density at radius 3 is 2.65 bits per heavy atom. The maximum absolute atomic E-state index is 12.0. The summed E-state index contributed by atoms with van der Waals surface area (Å²) in [5, 5.41) is 0. The van der Waals surface area contributed by atoms with E-state index in [4.69, 9.17) is 18.0 Å². The molecule has 0 fully saturated rings. The van der Waals surface area contributed by atoms with Crippen LogP contribution >= 0.6 is 12.2 Å². The summed E-state index contributed by atoms with van der Waals surface area (Å²) in [6, 6.07) is 0. The summed E-state index contributed by atoms with van der Waals surface area (Å²) in [6.45, 7) is 0.573. The Hall–Kier alpha value is -2.16. The molecule has 8 nitrogen and oxygen atoms in total. The quantitative estimate of drug-likeness (QED) is 0.707. The van der Waals surface area contributed by atoms with Crippen molar-refractivity contribution in [2.75, 3.05) is 18.5 Å². The minimum absolute atomic E-state index is 0.298. The predicted octanol–water partition coefficient (Wildman–Crippen LogP) is -0.927. The number of nitrogens with two attached hydrogens (primary N) is 1. The highest BCUT2D eigenvalue weighted by atomic mass is 32.1. The van der Waals surface area contributed by atoms with Crippen molar-refractivity contribution in [1.29, 1.82) is 0 Å². The van der Waals surface area contributed by atoms with Gasteiger partial charge < -0.3 is 15.6 Å². The van der Waals surface area contributed by atoms with Crippen molar-refractivity contribution in [3.05, 3.63) is 20.8 Å². The molecule has 0 unspecified atom stereocenters. The Balaban J connectivity index is 2.52. The fraction of sp³-hybridized carbons (Fsp3) is 0.455. The Bertz CT molecular complexity index is 787. The van der Waals surface area contributed by atoms with Crippen LogP contribution in [0.2, 0.25) is 0 Å². The molecular formula is C11H16N6O2S. The molecule has 0 aliphatic carbocycles. The molecular weight excluding hydrogens is 280 g/mol. The van der Waals surface area contributed by atoms with Gasteiger partial charge in [0.1, 0.15) is 0 Å². The summed E-state index contributed by atoms with van der Waals surface area (Å²) < 4.78 is 2.37.